The van der Waals surface area contributed by atoms with Gasteiger partial charge >= 0.3 is 24.9 Å². The summed E-state index contributed by atoms with van der Waals surface area (Å²) in [5, 5.41) is -2.32. The van der Waals surface area contributed by atoms with Crippen LogP contribution < -0.4 is 11.1 Å². The number of fused-ring (bicyclic) bond motifs is 1. The number of benzene rings is 2. The monoisotopic (exact) mass is 414 g/mol. The summed E-state index contributed by atoms with van der Waals surface area (Å²) >= 11 is 0. The molecule has 0 aliphatic heterocycles. The molecule has 7 nitrogen and oxygen atoms in total. The molecule has 3 aromatic rings. The Kier molecular flexibility index (Phi) is 4.61. The van der Waals surface area contributed by atoms with Gasteiger partial charge in [-0.15, -0.1) is 0 Å². The normalized spacial score (nSPS) is 14.8. The van der Waals surface area contributed by atoms with Gasteiger partial charge in [0.15, 0.2) is 5.28 Å². The lowest BCUT2D eigenvalue weighted by Gasteiger charge is -2.33. The Labute approximate surface area is 155 Å². The number of nitrogens with one attached hydrogen (secondary N) is 1. The van der Waals surface area contributed by atoms with Crippen LogP contribution in [-0.4, -0.2) is 19.3 Å². The summed E-state index contributed by atoms with van der Waals surface area (Å²) in [6.45, 7) is 1.06. The second-order valence-corrected chi connectivity index (χ2v) is 8.21. The van der Waals surface area contributed by atoms with Gasteiger partial charge in [-0.05, 0) is 30.7 Å². The lowest BCUT2D eigenvalue weighted by molar-refractivity contribution is -0.137. The van der Waals surface area contributed by atoms with Gasteiger partial charge in [-0.25, -0.2) is 0 Å². The van der Waals surface area contributed by atoms with Gasteiger partial charge in [0.05, 0.1) is 16.6 Å². The highest BCUT2D eigenvalue weighted by atomic mass is 31.2. The number of rotatable bonds is 3. The molecule has 0 aliphatic rings. The zero-order chi connectivity index (χ0) is 20.9. The number of hydrogen-bond donors (Lipinski definition) is 3. The minimum absolute atomic E-state index is 0.0113. The molecule has 1 aromatic heterocycles. The summed E-state index contributed by atoms with van der Waals surface area (Å²) in [5.74, 6) is 0. The van der Waals surface area contributed by atoms with Crippen molar-refractivity contribution in [2.24, 2.45) is 0 Å². The van der Waals surface area contributed by atoms with E-state index in [0.29, 0.717) is 16.7 Å². The van der Waals surface area contributed by atoms with Crippen LogP contribution in [0.4, 0.5) is 13.2 Å². The van der Waals surface area contributed by atoms with Crippen LogP contribution in [0.2, 0.25) is 0 Å². The average Bonchev–Trinajstić information content (AvgIpc) is 2.61. The van der Waals surface area contributed by atoms with Crippen molar-refractivity contribution in [2.75, 3.05) is 0 Å². The molecule has 0 radical (unpaired) electrons. The summed E-state index contributed by atoms with van der Waals surface area (Å²) in [6.07, 6.45) is -4.71. The third-order valence-electron chi connectivity index (χ3n) is 4.53. The largest absolute Gasteiger partial charge is 0.416 e. The van der Waals surface area contributed by atoms with E-state index < -0.39 is 35.7 Å². The number of alkyl halides is 3. The predicted octanol–water partition coefficient (Wildman–Crippen LogP) is 2.61. The summed E-state index contributed by atoms with van der Waals surface area (Å²) < 4.78 is 52.0. The van der Waals surface area contributed by atoms with Crippen molar-refractivity contribution in [1.29, 1.82) is 0 Å². The number of nitrogens with zero attached hydrogens (tertiary/aromatic N) is 1. The van der Waals surface area contributed by atoms with Crippen LogP contribution >= 0.6 is 7.60 Å². The first-order valence-corrected chi connectivity index (χ1v) is 9.46. The Bertz CT molecular complexity index is 1210. The molecule has 148 valence electrons. The molecule has 0 saturated carbocycles. The molecule has 2 aromatic carbocycles. The number of H-pyrrole nitrogens is 1. The predicted molar refractivity (Wildman–Crippen MR) is 95.1 cm³/mol. The lowest BCUT2D eigenvalue weighted by atomic mass is 10.1. The van der Waals surface area contributed by atoms with Crippen LogP contribution in [0.25, 0.3) is 11.0 Å². The summed E-state index contributed by atoms with van der Waals surface area (Å²) in [5.41, 5.74) is -4.32. The molecule has 0 saturated heterocycles. The van der Waals surface area contributed by atoms with Gasteiger partial charge in [0.2, 0.25) is 0 Å². The Morgan fingerprint density at radius 1 is 1.00 bits per heavy atom. The SMILES string of the molecule is CC(c1ccccc1)(n1c(=O)c(=O)[nH]c2cc(C(F)(F)F)ccc21)P(=O)(O)O. The van der Waals surface area contributed by atoms with E-state index in [0.717, 1.165) is 13.0 Å². The van der Waals surface area contributed by atoms with Gasteiger partial charge < -0.3 is 14.8 Å². The highest BCUT2D eigenvalue weighted by Crippen LogP contribution is 2.57. The maximum Gasteiger partial charge on any atom is 0.416 e. The second kappa shape index (κ2) is 6.44. The molecule has 1 atom stereocenters. The lowest BCUT2D eigenvalue weighted by Crippen LogP contribution is -2.46. The molecule has 3 N–H and O–H groups in total. The molecule has 0 aliphatic carbocycles. The molecule has 0 fully saturated rings. The van der Waals surface area contributed by atoms with Crippen molar-refractivity contribution in [2.45, 2.75) is 18.4 Å². The highest BCUT2D eigenvalue weighted by Gasteiger charge is 2.48. The van der Waals surface area contributed by atoms with E-state index >= 15 is 0 Å². The fourth-order valence-electron chi connectivity index (χ4n) is 3.01. The standard InChI is InChI=1S/C17H14F3N2O5P/c1-16(28(25,26)27,10-5-3-2-4-6-10)22-13-8-7-11(17(18,19)20)9-12(13)21-14(23)15(22)24/h2-9H,1H3,(H,21,23)(H2,25,26,27). The van der Waals surface area contributed by atoms with Crippen molar-refractivity contribution in [1.82, 2.24) is 9.55 Å². The topological polar surface area (TPSA) is 112 Å². The fourth-order valence-corrected chi connectivity index (χ4v) is 3.95. The number of aromatic amines is 1. The van der Waals surface area contributed by atoms with Gasteiger partial charge in [0.1, 0.15) is 0 Å². The third-order valence-corrected chi connectivity index (χ3v) is 6.13. The average molecular weight is 414 g/mol. The molecule has 28 heavy (non-hydrogen) atoms. The van der Waals surface area contributed by atoms with Gasteiger partial charge in [0.25, 0.3) is 0 Å². The van der Waals surface area contributed by atoms with E-state index in [1.54, 1.807) is 6.07 Å². The minimum Gasteiger partial charge on any atom is -0.323 e. The Morgan fingerprint density at radius 2 is 1.61 bits per heavy atom. The first kappa shape index (κ1) is 20.1. The quantitative estimate of drug-likeness (QED) is 0.451. The smallest absolute Gasteiger partial charge is 0.323 e. The number of halogens is 3. The summed E-state index contributed by atoms with van der Waals surface area (Å²) in [6, 6.07) is 9.41. The zero-order valence-corrected chi connectivity index (χ0v) is 15.2. The molecule has 0 spiro atoms. The van der Waals surface area contributed by atoms with E-state index in [9.17, 15) is 37.1 Å². The fraction of sp³-hybridized carbons (Fsp3) is 0.176. The van der Waals surface area contributed by atoms with Crippen molar-refractivity contribution in [3.05, 3.63) is 80.4 Å². The first-order valence-electron chi connectivity index (χ1n) is 7.85. The maximum atomic E-state index is 13.0. The first-order chi connectivity index (χ1) is 12.9. The Morgan fingerprint density at radius 3 is 2.14 bits per heavy atom. The number of aromatic nitrogens is 2. The molecule has 1 heterocycles. The van der Waals surface area contributed by atoms with Crippen molar-refractivity contribution >= 4 is 18.6 Å². The third kappa shape index (κ3) is 3.09. The van der Waals surface area contributed by atoms with Gasteiger partial charge in [-0.3, -0.25) is 18.7 Å². The van der Waals surface area contributed by atoms with Crippen molar-refractivity contribution < 1.29 is 27.5 Å². The van der Waals surface area contributed by atoms with Gasteiger partial charge in [-0.2, -0.15) is 13.2 Å². The Balaban J connectivity index is 2.50. The number of hydrogen-bond acceptors (Lipinski definition) is 3. The molecule has 3 rings (SSSR count). The molecule has 1 unspecified atom stereocenters. The molecule has 0 bridgehead atoms. The minimum atomic E-state index is -5.14. The molecular formula is C17H14F3N2O5P. The molecule has 11 heteroatoms. The Hall–Kier alpha value is -2.68. The van der Waals surface area contributed by atoms with E-state index in [1.165, 1.54) is 24.3 Å². The van der Waals surface area contributed by atoms with Crippen LogP contribution in [0.1, 0.15) is 18.1 Å². The van der Waals surface area contributed by atoms with E-state index in [2.05, 4.69) is 0 Å². The maximum absolute atomic E-state index is 13.0. The molecular weight excluding hydrogens is 400 g/mol. The van der Waals surface area contributed by atoms with Crippen LogP contribution in [0.3, 0.4) is 0 Å². The van der Waals surface area contributed by atoms with E-state index in [1.807, 2.05) is 4.98 Å². The van der Waals surface area contributed by atoms with Crippen LogP contribution in [0.5, 0.6) is 0 Å². The second-order valence-electron chi connectivity index (χ2n) is 6.26. The van der Waals surface area contributed by atoms with Gasteiger partial charge in [0, 0.05) is 0 Å². The molecule has 0 amide bonds. The van der Waals surface area contributed by atoms with Crippen LogP contribution in [-0.2, 0) is 16.0 Å². The summed E-state index contributed by atoms with van der Waals surface area (Å²) in [7, 11) is -5.14. The highest BCUT2D eigenvalue weighted by molar-refractivity contribution is 7.53. The summed E-state index contributed by atoms with van der Waals surface area (Å²) in [4.78, 5) is 46.8. The zero-order valence-electron chi connectivity index (χ0n) is 14.3. The van der Waals surface area contributed by atoms with Crippen LogP contribution in [0.15, 0.2) is 58.1 Å². The van der Waals surface area contributed by atoms with Crippen molar-refractivity contribution in [3.63, 3.8) is 0 Å². The van der Waals surface area contributed by atoms with E-state index in [4.69, 9.17) is 0 Å². The van der Waals surface area contributed by atoms with E-state index in [-0.39, 0.29) is 16.6 Å². The van der Waals surface area contributed by atoms with Crippen molar-refractivity contribution in [3.8, 4) is 0 Å². The van der Waals surface area contributed by atoms with Gasteiger partial charge in [-0.1, -0.05) is 30.3 Å². The van der Waals surface area contributed by atoms with Crippen LogP contribution in [0, 0.1) is 0 Å².